The van der Waals surface area contributed by atoms with Gasteiger partial charge in [0.1, 0.15) is 0 Å². The van der Waals surface area contributed by atoms with Crippen LogP contribution in [0, 0.1) is 6.92 Å². The molecule has 2 nitrogen and oxygen atoms in total. The smallest absolute Gasteiger partial charge is 0.0825 e. The number of fused-ring (bicyclic) bond motifs is 3. The first kappa shape index (κ1) is 27.2. The molecule has 210 valence electrons. The largest absolute Gasteiger partial charge is 0.247 e. The van der Waals surface area contributed by atoms with Crippen molar-refractivity contribution in [3.05, 3.63) is 163 Å². The van der Waals surface area contributed by atoms with Crippen LogP contribution in [-0.4, -0.2) is 9.97 Å². The third-order valence-electron chi connectivity index (χ3n) is 8.10. The molecule has 0 amide bonds. The number of nitrogens with zero attached hydrogens (tertiary/aromatic N) is 2. The Labute approximate surface area is 258 Å². The molecule has 5 aromatic carbocycles. The number of rotatable bonds is 6. The molecule has 44 heavy (non-hydrogen) atoms. The maximum absolute atomic E-state index is 5.16. The zero-order valence-electron chi connectivity index (χ0n) is 24.9. The molecule has 7 aromatic rings. The van der Waals surface area contributed by atoms with Crippen molar-refractivity contribution < 1.29 is 0 Å². The first-order valence-corrected chi connectivity index (χ1v) is 15.0. The van der Waals surface area contributed by atoms with Gasteiger partial charge < -0.3 is 0 Å². The van der Waals surface area contributed by atoms with E-state index in [-0.39, 0.29) is 0 Å². The molecule has 2 aromatic heterocycles. The molecule has 0 spiro atoms. The minimum Gasteiger partial charge on any atom is -0.247 e. The van der Waals surface area contributed by atoms with Crippen LogP contribution in [0.25, 0.3) is 72.5 Å². The van der Waals surface area contributed by atoms with Gasteiger partial charge in [-0.05, 0) is 89.2 Å². The molecule has 2 heteroatoms. The summed E-state index contributed by atoms with van der Waals surface area (Å²) in [4.78, 5) is 10.3. The van der Waals surface area contributed by atoms with Gasteiger partial charge >= 0.3 is 0 Å². The van der Waals surface area contributed by atoms with Crippen molar-refractivity contribution in [2.24, 2.45) is 0 Å². The third-order valence-corrected chi connectivity index (χ3v) is 8.10. The van der Waals surface area contributed by atoms with Crippen LogP contribution in [0.15, 0.2) is 152 Å². The van der Waals surface area contributed by atoms with Gasteiger partial charge in [0.15, 0.2) is 0 Å². The Morgan fingerprint density at radius 1 is 0.477 bits per heavy atom. The van der Waals surface area contributed by atoms with Crippen LogP contribution >= 0.6 is 0 Å². The van der Waals surface area contributed by atoms with E-state index in [1.165, 1.54) is 33.4 Å². The van der Waals surface area contributed by atoms with E-state index in [2.05, 4.69) is 140 Å². The molecular weight excluding hydrogens is 532 g/mol. The molecule has 0 N–H and O–H groups in total. The maximum Gasteiger partial charge on any atom is 0.0825 e. The zero-order chi connectivity index (χ0) is 29.9. The van der Waals surface area contributed by atoms with Gasteiger partial charge in [0, 0.05) is 16.3 Å². The molecule has 0 radical (unpaired) electrons. The van der Waals surface area contributed by atoms with Crippen LogP contribution in [0.1, 0.15) is 18.2 Å². The van der Waals surface area contributed by atoms with Gasteiger partial charge in [0.05, 0.1) is 22.4 Å². The molecule has 7 rings (SSSR count). The predicted molar refractivity (Wildman–Crippen MR) is 187 cm³/mol. The summed E-state index contributed by atoms with van der Waals surface area (Å²) in [7, 11) is 0. The lowest BCUT2D eigenvalue weighted by molar-refractivity contribution is 1.29. The van der Waals surface area contributed by atoms with Gasteiger partial charge in [-0.15, -0.1) is 0 Å². The molecule has 0 atom stereocenters. The Bertz CT molecular complexity index is 2100. The molecular formula is C42H32N2. The van der Waals surface area contributed by atoms with E-state index >= 15 is 0 Å². The number of hydrogen-bond acceptors (Lipinski definition) is 2. The second kappa shape index (κ2) is 11.9. The summed E-state index contributed by atoms with van der Waals surface area (Å²) in [5, 5.41) is 2.13. The van der Waals surface area contributed by atoms with E-state index in [4.69, 9.17) is 9.97 Å². The van der Waals surface area contributed by atoms with Crippen LogP contribution in [0.5, 0.6) is 0 Å². The Hall–Kier alpha value is -5.60. The van der Waals surface area contributed by atoms with E-state index in [0.29, 0.717) is 0 Å². The number of hydrogen-bond donors (Lipinski definition) is 0. The van der Waals surface area contributed by atoms with Crippen LogP contribution in [0.3, 0.4) is 0 Å². The van der Waals surface area contributed by atoms with Crippen LogP contribution in [0.4, 0.5) is 0 Å². The van der Waals surface area contributed by atoms with Gasteiger partial charge in [-0.1, -0.05) is 121 Å². The predicted octanol–water partition coefficient (Wildman–Crippen LogP) is 11.3. The number of allylic oxidation sites excluding steroid dienone is 3. The van der Waals surface area contributed by atoms with Crippen molar-refractivity contribution in [3.8, 4) is 44.6 Å². The highest BCUT2D eigenvalue weighted by Gasteiger charge is 2.14. The Morgan fingerprint density at radius 2 is 1.02 bits per heavy atom. The second-order valence-corrected chi connectivity index (χ2v) is 11.1. The highest BCUT2D eigenvalue weighted by atomic mass is 14.8. The molecule has 0 saturated carbocycles. The minimum absolute atomic E-state index is 0.946. The molecule has 0 fully saturated rings. The summed E-state index contributed by atoms with van der Waals surface area (Å²) in [6.45, 7) is 4.14. The number of aromatic nitrogens is 2. The second-order valence-electron chi connectivity index (χ2n) is 11.1. The summed E-state index contributed by atoms with van der Waals surface area (Å²) in [6, 6.07) is 47.4. The molecule has 0 unspecified atom stereocenters. The molecule has 0 aliphatic rings. The number of para-hydroxylation sites is 1. The van der Waals surface area contributed by atoms with E-state index in [1.807, 2.05) is 31.2 Å². The van der Waals surface area contributed by atoms with Crippen LogP contribution < -0.4 is 0 Å². The van der Waals surface area contributed by atoms with Crippen molar-refractivity contribution >= 4 is 27.9 Å². The molecule has 0 aliphatic carbocycles. The lowest BCUT2D eigenvalue weighted by Crippen LogP contribution is -1.95. The highest BCUT2D eigenvalue weighted by molar-refractivity contribution is 6.09. The number of benzene rings is 5. The van der Waals surface area contributed by atoms with Crippen molar-refractivity contribution in [3.63, 3.8) is 0 Å². The first-order chi connectivity index (χ1) is 21.7. The van der Waals surface area contributed by atoms with Crippen molar-refractivity contribution in [1.29, 1.82) is 0 Å². The minimum atomic E-state index is 0.946. The van der Waals surface area contributed by atoms with Crippen molar-refractivity contribution in [1.82, 2.24) is 9.97 Å². The summed E-state index contributed by atoms with van der Waals surface area (Å²) in [5.41, 5.74) is 13.2. The molecule has 0 bridgehead atoms. The Balaban J connectivity index is 1.35. The summed E-state index contributed by atoms with van der Waals surface area (Å²) in [5.74, 6) is 0. The topological polar surface area (TPSA) is 25.8 Å². The first-order valence-electron chi connectivity index (χ1n) is 15.0. The zero-order valence-corrected chi connectivity index (χ0v) is 24.9. The summed E-state index contributed by atoms with van der Waals surface area (Å²) >= 11 is 0. The number of pyridine rings is 2. The van der Waals surface area contributed by atoms with Crippen LogP contribution in [0.2, 0.25) is 0 Å². The quantitative estimate of drug-likeness (QED) is 0.148. The summed E-state index contributed by atoms with van der Waals surface area (Å²) in [6.07, 6.45) is 8.17. The highest BCUT2D eigenvalue weighted by Crippen LogP contribution is 2.36. The fraction of sp³-hybridized carbons (Fsp3) is 0.0476. The van der Waals surface area contributed by atoms with Gasteiger partial charge in [0.2, 0.25) is 0 Å². The molecule has 0 saturated heterocycles. The lowest BCUT2D eigenvalue weighted by atomic mass is 9.92. The average Bonchev–Trinajstić information content (AvgIpc) is 3.09. The fourth-order valence-corrected chi connectivity index (χ4v) is 5.82. The van der Waals surface area contributed by atoms with E-state index in [1.54, 1.807) is 0 Å². The number of aryl methyl sites for hydroxylation is 1. The monoisotopic (exact) mass is 564 g/mol. The van der Waals surface area contributed by atoms with Gasteiger partial charge in [0.25, 0.3) is 0 Å². The lowest BCUT2D eigenvalue weighted by Gasteiger charge is -2.13. The molecule has 2 heterocycles. The maximum atomic E-state index is 5.16. The van der Waals surface area contributed by atoms with Gasteiger partial charge in [-0.3, -0.25) is 0 Å². The average molecular weight is 565 g/mol. The van der Waals surface area contributed by atoms with E-state index < -0.39 is 0 Å². The SMILES string of the molecule is C/C=C\C=C/c1nc2c(cc1C)c(-c1ccc(-c3cc(-c4ccccc4)cc(-c4ccccc4)c3)cc1)nc1ccccc12. The normalized spacial score (nSPS) is 11.7. The fourth-order valence-electron chi connectivity index (χ4n) is 5.82. The van der Waals surface area contributed by atoms with Crippen molar-refractivity contribution in [2.45, 2.75) is 13.8 Å². The van der Waals surface area contributed by atoms with Crippen molar-refractivity contribution in [2.75, 3.05) is 0 Å². The third kappa shape index (κ3) is 5.34. The van der Waals surface area contributed by atoms with E-state index in [0.717, 1.165) is 44.3 Å². The summed E-state index contributed by atoms with van der Waals surface area (Å²) < 4.78 is 0. The van der Waals surface area contributed by atoms with E-state index in [9.17, 15) is 0 Å². The standard InChI is InChI=1S/C42H32N2/c1-3-4-7-19-39-29(2)25-38-41(44-40-20-13-12-18-37(40)42(38)43-39)33-23-21-32(22-24-33)36-27-34(30-14-8-5-9-15-30)26-35(28-36)31-16-10-6-11-17-31/h3-28H,1-2H3/b4-3-,19-7-. The van der Waals surface area contributed by atoms with Gasteiger partial charge in [-0.2, -0.15) is 0 Å². The van der Waals surface area contributed by atoms with Gasteiger partial charge in [-0.25, -0.2) is 9.97 Å². The van der Waals surface area contributed by atoms with Crippen LogP contribution in [-0.2, 0) is 0 Å². The Kier molecular flexibility index (Phi) is 7.40. The molecule has 0 aliphatic heterocycles. The Morgan fingerprint density at radius 3 is 1.64 bits per heavy atom.